The van der Waals surface area contributed by atoms with Gasteiger partial charge in [-0.25, -0.2) is 9.59 Å². The Morgan fingerprint density at radius 3 is 2.06 bits per heavy atom. The second-order valence-corrected chi connectivity index (χ2v) is 17.5. The molecular weight excluding hydrogens is 831 g/mol. The molecule has 0 bridgehead atoms. The van der Waals surface area contributed by atoms with Crippen LogP contribution in [0.3, 0.4) is 0 Å². The first-order valence-electron chi connectivity index (χ1n) is 21.5. The number of thioether (sulfide) groups is 1. The molecule has 17 heteroatoms. The van der Waals surface area contributed by atoms with Gasteiger partial charge in [-0.05, 0) is 76.7 Å². The molecule has 0 saturated carbocycles. The molecule has 0 saturated heterocycles. The van der Waals surface area contributed by atoms with E-state index in [1.54, 1.807) is 51.1 Å². The molecule has 0 radical (unpaired) electrons. The van der Waals surface area contributed by atoms with Crippen LogP contribution in [0, 0.1) is 17.8 Å². The van der Waals surface area contributed by atoms with Gasteiger partial charge in [0.15, 0.2) is 6.10 Å². The number of carbonyl (C=O) groups is 7. The number of carbonyl (C=O) groups excluding carboxylic acids is 6. The number of aliphatic carboxylic acids is 1. The van der Waals surface area contributed by atoms with Crippen molar-refractivity contribution in [1.82, 2.24) is 20.4 Å². The highest BCUT2D eigenvalue weighted by molar-refractivity contribution is 7.98. The molecule has 16 nitrogen and oxygen atoms in total. The number of nitrogens with one attached hydrogen (secondary N) is 2. The molecule has 4 amide bonds. The topological polar surface area (TPSA) is 224 Å². The van der Waals surface area contributed by atoms with E-state index in [2.05, 4.69) is 10.6 Å². The highest BCUT2D eigenvalue weighted by Crippen LogP contribution is 2.26. The lowest BCUT2D eigenvalue weighted by Crippen LogP contribution is -2.56. The summed E-state index contributed by atoms with van der Waals surface area (Å²) in [5.74, 6) is -5.48. The van der Waals surface area contributed by atoms with Crippen LogP contribution >= 0.6 is 11.8 Å². The molecule has 0 aliphatic rings. The van der Waals surface area contributed by atoms with Crippen LogP contribution < -0.4 is 16.4 Å². The molecule has 0 fully saturated rings. The van der Waals surface area contributed by atoms with Crippen molar-refractivity contribution < 1.29 is 52.9 Å². The number of likely N-dealkylation sites (N-methyl/N-ethyl adjacent to an activating group) is 2. The standard InChI is InChI=1S/C46H73N5O11S/c1-14-28(5)39(44(56)57)49-38(52)25-50(11)43(55)35(24-34-19-17-16-18-20-34)51(12)42(54)33(10)48-41(53)37(23-27(3)4)61-45(58)30(7)21-22-36(60-26-63-13)31(8)40(29(6)15-2)62-46(59)32(9)47/h15-21,27-28,31-33,35-37,39-40H,14,22-26,47H2,1-13H3,(H,48,53)(H,49,52)(H,56,57)/b29-15+,30-21+/t28-,31-,32+,33-,35+,36-,37+,39-,40+/m0/s1. The Hall–Kier alpha value is -4.74. The number of carboxylic acids is 1. The minimum atomic E-state index is -1.26. The average Bonchev–Trinajstić information content (AvgIpc) is 3.24. The van der Waals surface area contributed by atoms with E-state index in [1.807, 2.05) is 59.9 Å². The molecular formula is C46H73N5O11S. The summed E-state index contributed by atoms with van der Waals surface area (Å²) < 4.78 is 17.7. The van der Waals surface area contributed by atoms with Crippen molar-refractivity contribution in [1.29, 1.82) is 0 Å². The third-order valence-electron chi connectivity index (χ3n) is 10.8. The van der Waals surface area contributed by atoms with Crippen molar-refractivity contribution in [3.63, 3.8) is 0 Å². The van der Waals surface area contributed by atoms with Crippen LogP contribution in [0.25, 0.3) is 0 Å². The minimum absolute atomic E-state index is 0.0773. The van der Waals surface area contributed by atoms with Gasteiger partial charge in [-0.1, -0.05) is 83.5 Å². The van der Waals surface area contributed by atoms with Crippen LogP contribution in [-0.2, 0) is 54.2 Å². The van der Waals surface area contributed by atoms with E-state index in [4.69, 9.17) is 19.9 Å². The minimum Gasteiger partial charge on any atom is -0.480 e. The molecule has 354 valence electrons. The van der Waals surface area contributed by atoms with Gasteiger partial charge < -0.3 is 45.5 Å². The van der Waals surface area contributed by atoms with Crippen LogP contribution in [0.4, 0.5) is 0 Å². The van der Waals surface area contributed by atoms with Crippen LogP contribution in [0.15, 0.2) is 53.6 Å². The maximum atomic E-state index is 14.0. The summed E-state index contributed by atoms with van der Waals surface area (Å²) in [6, 6.07) is 4.73. The van der Waals surface area contributed by atoms with Crippen molar-refractivity contribution in [2.75, 3.05) is 32.8 Å². The van der Waals surface area contributed by atoms with Gasteiger partial charge in [-0.15, -0.1) is 11.8 Å². The van der Waals surface area contributed by atoms with Gasteiger partial charge in [0, 0.05) is 32.0 Å². The first-order valence-corrected chi connectivity index (χ1v) is 22.8. The second kappa shape index (κ2) is 28.1. The fraction of sp³-hybridized carbons (Fsp3) is 0.630. The Balaban J connectivity index is 3.27. The van der Waals surface area contributed by atoms with Gasteiger partial charge in [-0.2, -0.15) is 0 Å². The Morgan fingerprint density at radius 1 is 0.921 bits per heavy atom. The molecule has 5 N–H and O–H groups in total. The number of amides is 4. The molecule has 0 spiro atoms. The number of benzene rings is 1. The highest BCUT2D eigenvalue weighted by Gasteiger charge is 2.36. The second-order valence-electron chi connectivity index (χ2n) is 16.6. The molecule has 0 unspecified atom stereocenters. The van der Waals surface area contributed by atoms with Gasteiger partial charge >= 0.3 is 17.9 Å². The van der Waals surface area contributed by atoms with Crippen molar-refractivity contribution in [2.45, 2.75) is 137 Å². The molecule has 0 heterocycles. The lowest BCUT2D eigenvalue weighted by atomic mass is 9.90. The average molecular weight is 904 g/mol. The maximum Gasteiger partial charge on any atom is 0.334 e. The zero-order chi connectivity index (χ0) is 48.1. The zero-order valence-corrected chi connectivity index (χ0v) is 40.3. The molecule has 1 aromatic rings. The number of hydrogen-bond donors (Lipinski definition) is 4. The molecule has 0 aromatic heterocycles. The van der Waals surface area contributed by atoms with Crippen molar-refractivity contribution in [3.8, 4) is 0 Å². The first kappa shape index (κ1) is 56.3. The van der Waals surface area contributed by atoms with Gasteiger partial charge in [0.05, 0.1) is 18.6 Å². The SMILES string of the molecule is C/C=C(\C)[C@@H](OC(=O)[C@@H](C)N)[C@@H](C)[C@H](C/C=C(\C)C(=O)O[C@H](CC(C)C)C(=O)N[C@@H](C)C(=O)N(C)[C@H](Cc1ccccc1)C(=O)N(C)CC(=O)N[C@H](C(=O)O)[C@@H](C)CC)OCSC. The van der Waals surface area contributed by atoms with Crippen molar-refractivity contribution in [2.24, 2.45) is 23.5 Å². The Morgan fingerprint density at radius 2 is 1.54 bits per heavy atom. The van der Waals surface area contributed by atoms with Crippen LogP contribution in [0.1, 0.15) is 94.1 Å². The Labute approximate surface area is 378 Å². The van der Waals surface area contributed by atoms with Crippen LogP contribution in [0.5, 0.6) is 0 Å². The number of esters is 2. The summed E-state index contributed by atoms with van der Waals surface area (Å²) in [5, 5.41) is 14.8. The van der Waals surface area contributed by atoms with Gasteiger partial charge in [-0.3, -0.25) is 24.0 Å². The summed E-state index contributed by atoms with van der Waals surface area (Å²) in [7, 11) is 2.82. The van der Waals surface area contributed by atoms with E-state index in [0.29, 0.717) is 12.4 Å². The Kier molecular flexibility index (Phi) is 25.1. The number of carboxylic acid groups (broad SMARTS) is 1. The van der Waals surface area contributed by atoms with Crippen molar-refractivity contribution >= 4 is 53.3 Å². The molecule has 0 aliphatic carbocycles. The van der Waals surface area contributed by atoms with Gasteiger partial charge in [0.2, 0.25) is 17.7 Å². The number of rotatable bonds is 27. The fourth-order valence-electron chi connectivity index (χ4n) is 6.54. The van der Waals surface area contributed by atoms with E-state index in [9.17, 15) is 38.7 Å². The predicted octanol–water partition coefficient (Wildman–Crippen LogP) is 4.50. The summed E-state index contributed by atoms with van der Waals surface area (Å²) in [4.78, 5) is 94.8. The molecule has 9 atom stereocenters. The number of hydrogen-bond acceptors (Lipinski definition) is 12. The largest absolute Gasteiger partial charge is 0.480 e. The Bertz CT molecular complexity index is 1740. The summed E-state index contributed by atoms with van der Waals surface area (Å²) in [5.41, 5.74) is 7.55. The summed E-state index contributed by atoms with van der Waals surface area (Å²) in [6.07, 6.45) is 4.02. The summed E-state index contributed by atoms with van der Waals surface area (Å²) >= 11 is 1.47. The van der Waals surface area contributed by atoms with Crippen LogP contribution in [0.2, 0.25) is 0 Å². The summed E-state index contributed by atoms with van der Waals surface area (Å²) in [6.45, 7) is 16.9. The zero-order valence-electron chi connectivity index (χ0n) is 39.5. The number of nitrogens with zero attached hydrogens (tertiary/aromatic N) is 2. The smallest absolute Gasteiger partial charge is 0.334 e. The number of ether oxygens (including phenoxy) is 3. The van der Waals surface area contributed by atoms with E-state index in [1.165, 1.54) is 37.7 Å². The monoisotopic (exact) mass is 904 g/mol. The third-order valence-corrected chi connectivity index (χ3v) is 11.2. The highest BCUT2D eigenvalue weighted by atomic mass is 32.2. The predicted molar refractivity (Wildman–Crippen MR) is 244 cm³/mol. The molecule has 63 heavy (non-hydrogen) atoms. The van der Waals surface area contributed by atoms with E-state index >= 15 is 0 Å². The molecule has 1 aromatic carbocycles. The number of allylic oxidation sites excluding steroid dienone is 1. The van der Waals surface area contributed by atoms with E-state index < -0.39 is 90.6 Å². The molecule has 0 aliphatic heterocycles. The fourth-order valence-corrected chi connectivity index (χ4v) is 6.85. The third kappa shape index (κ3) is 18.9. The van der Waals surface area contributed by atoms with Crippen LogP contribution in [-0.4, -0.2) is 132 Å². The van der Waals surface area contributed by atoms with Gasteiger partial charge in [0.1, 0.15) is 30.3 Å². The van der Waals surface area contributed by atoms with E-state index in [-0.39, 0.29) is 42.6 Å². The first-order chi connectivity index (χ1) is 29.5. The van der Waals surface area contributed by atoms with Gasteiger partial charge in [0.25, 0.3) is 5.91 Å². The maximum absolute atomic E-state index is 14.0. The van der Waals surface area contributed by atoms with Crippen molar-refractivity contribution in [3.05, 3.63) is 59.2 Å². The van der Waals surface area contributed by atoms with E-state index in [0.717, 1.165) is 16.0 Å². The quantitative estimate of drug-likeness (QED) is 0.0414. The normalized spacial score (nSPS) is 16.2. The lowest BCUT2D eigenvalue weighted by Gasteiger charge is -2.33. The lowest BCUT2D eigenvalue weighted by molar-refractivity contribution is -0.154. The number of nitrogens with two attached hydrogens (primary N) is 1. The molecule has 1 rings (SSSR count).